The highest BCUT2D eigenvalue weighted by molar-refractivity contribution is 5.99. The van der Waals surface area contributed by atoms with Crippen LogP contribution >= 0.6 is 0 Å². The zero-order valence-electron chi connectivity index (χ0n) is 10.8. The smallest absolute Gasteiger partial charge is 0.267 e. The van der Waals surface area contributed by atoms with Gasteiger partial charge in [0.2, 0.25) is 0 Å². The molecule has 1 aromatic heterocycles. The summed E-state index contributed by atoms with van der Waals surface area (Å²) in [7, 11) is 0. The van der Waals surface area contributed by atoms with Crippen molar-refractivity contribution < 1.29 is 14.7 Å². The van der Waals surface area contributed by atoms with E-state index in [1.54, 1.807) is 6.07 Å². The molecule has 1 amide bonds. The zero-order chi connectivity index (χ0) is 13.5. The lowest BCUT2D eigenvalue weighted by molar-refractivity contribution is 0.0939. The molecule has 0 spiro atoms. The van der Waals surface area contributed by atoms with E-state index in [2.05, 4.69) is 10.3 Å². The van der Waals surface area contributed by atoms with E-state index in [-0.39, 0.29) is 24.2 Å². The van der Waals surface area contributed by atoms with E-state index in [0.717, 1.165) is 6.42 Å². The number of aromatic amines is 1. The maximum Gasteiger partial charge on any atom is 0.267 e. The van der Waals surface area contributed by atoms with E-state index in [0.29, 0.717) is 24.2 Å². The number of Topliss-reactive ketones (excluding diaryl/α,β-unsaturated/α-hetero) is 1. The summed E-state index contributed by atoms with van der Waals surface area (Å²) in [6.45, 7) is 4.14. The van der Waals surface area contributed by atoms with Crippen molar-refractivity contribution >= 4 is 11.7 Å². The monoisotopic (exact) mass is 252 g/mol. The van der Waals surface area contributed by atoms with Gasteiger partial charge in [-0.15, -0.1) is 0 Å². The first-order valence-electron chi connectivity index (χ1n) is 6.16. The molecule has 18 heavy (non-hydrogen) atoms. The fourth-order valence-corrected chi connectivity index (χ4v) is 1.69. The minimum Gasteiger partial charge on any atom is -0.396 e. The molecule has 0 aliphatic heterocycles. The van der Waals surface area contributed by atoms with Crippen molar-refractivity contribution in [1.82, 2.24) is 10.3 Å². The molecular formula is C13H20N2O3. The van der Waals surface area contributed by atoms with Gasteiger partial charge < -0.3 is 15.4 Å². The van der Waals surface area contributed by atoms with E-state index in [1.165, 1.54) is 13.1 Å². The fraction of sp³-hybridized carbons (Fsp3) is 0.538. The lowest BCUT2D eigenvalue weighted by atomic mass is 10.0. The number of carbonyl (C=O) groups is 2. The average molecular weight is 252 g/mol. The lowest BCUT2D eigenvalue weighted by Crippen LogP contribution is -2.29. The number of H-pyrrole nitrogens is 1. The van der Waals surface area contributed by atoms with Gasteiger partial charge in [-0.3, -0.25) is 9.59 Å². The lowest BCUT2D eigenvalue weighted by Gasteiger charge is -2.13. The standard InChI is InChI=1S/C13H20N2O3/c1-3-10(4-5-16)7-15-13(18)12-6-11(8-14-12)9(2)17/h6,8,10,14,16H,3-5,7H2,1-2H3,(H,15,18). The normalized spacial score (nSPS) is 12.2. The highest BCUT2D eigenvalue weighted by Crippen LogP contribution is 2.07. The Morgan fingerprint density at radius 2 is 2.22 bits per heavy atom. The van der Waals surface area contributed by atoms with Gasteiger partial charge in [-0.05, 0) is 25.3 Å². The molecule has 0 bridgehead atoms. The van der Waals surface area contributed by atoms with Gasteiger partial charge in [-0.25, -0.2) is 0 Å². The molecule has 1 unspecified atom stereocenters. The number of amides is 1. The van der Waals surface area contributed by atoms with E-state index in [4.69, 9.17) is 5.11 Å². The number of hydrogen-bond acceptors (Lipinski definition) is 3. The SMILES string of the molecule is CCC(CCO)CNC(=O)c1cc(C(C)=O)c[nH]1. The molecular weight excluding hydrogens is 232 g/mol. The molecule has 100 valence electrons. The Kier molecular flexibility index (Phi) is 5.58. The molecule has 1 heterocycles. The Morgan fingerprint density at radius 3 is 2.72 bits per heavy atom. The van der Waals surface area contributed by atoms with E-state index < -0.39 is 0 Å². The first kappa shape index (κ1) is 14.4. The van der Waals surface area contributed by atoms with Crippen molar-refractivity contribution in [2.75, 3.05) is 13.2 Å². The average Bonchev–Trinajstić information content (AvgIpc) is 2.83. The van der Waals surface area contributed by atoms with Crippen LogP contribution < -0.4 is 5.32 Å². The highest BCUT2D eigenvalue weighted by atomic mass is 16.3. The number of ketones is 1. The van der Waals surface area contributed by atoms with Crippen LogP contribution in [0.2, 0.25) is 0 Å². The predicted molar refractivity (Wildman–Crippen MR) is 68.6 cm³/mol. The topological polar surface area (TPSA) is 82.2 Å². The second-order valence-corrected chi connectivity index (χ2v) is 4.35. The Hall–Kier alpha value is -1.62. The number of aliphatic hydroxyl groups is 1. The second kappa shape index (κ2) is 6.96. The molecule has 1 atom stereocenters. The number of aromatic nitrogens is 1. The summed E-state index contributed by atoms with van der Waals surface area (Å²) >= 11 is 0. The third kappa shape index (κ3) is 4.00. The molecule has 1 aromatic rings. The highest BCUT2D eigenvalue weighted by Gasteiger charge is 2.12. The summed E-state index contributed by atoms with van der Waals surface area (Å²) in [4.78, 5) is 25.7. The summed E-state index contributed by atoms with van der Waals surface area (Å²) < 4.78 is 0. The Balaban J connectivity index is 2.51. The summed E-state index contributed by atoms with van der Waals surface area (Å²) in [6, 6.07) is 1.55. The quantitative estimate of drug-likeness (QED) is 0.641. The van der Waals surface area contributed by atoms with Gasteiger partial charge in [-0.1, -0.05) is 13.3 Å². The van der Waals surface area contributed by atoms with Crippen LogP contribution in [0.1, 0.15) is 47.5 Å². The Labute approximate surface area is 107 Å². The largest absolute Gasteiger partial charge is 0.396 e. The zero-order valence-corrected chi connectivity index (χ0v) is 10.8. The van der Waals surface area contributed by atoms with Crippen LogP contribution in [0.25, 0.3) is 0 Å². The number of rotatable bonds is 7. The van der Waals surface area contributed by atoms with Crippen molar-refractivity contribution in [2.45, 2.75) is 26.7 Å². The van der Waals surface area contributed by atoms with Gasteiger partial charge >= 0.3 is 0 Å². The molecule has 0 fully saturated rings. The van der Waals surface area contributed by atoms with Gasteiger partial charge in [0.1, 0.15) is 5.69 Å². The fourth-order valence-electron chi connectivity index (χ4n) is 1.69. The molecule has 0 aliphatic rings. The van der Waals surface area contributed by atoms with Crippen LogP contribution in [0.5, 0.6) is 0 Å². The molecule has 1 rings (SSSR count). The second-order valence-electron chi connectivity index (χ2n) is 4.35. The van der Waals surface area contributed by atoms with Gasteiger partial charge in [0.05, 0.1) is 0 Å². The molecule has 0 aromatic carbocycles. The van der Waals surface area contributed by atoms with Crippen LogP contribution in [0.15, 0.2) is 12.3 Å². The molecule has 3 N–H and O–H groups in total. The minimum atomic E-state index is -0.223. The summed E-state index contributed by atoms with van der Waals surface area (Å²) in [6.07, 6.45) is 3.12. The first-order chi connectivity index (χ1) is 8.58. The summed E-state index contributed by atoms with van der Waals surface area (Å²) in [5.41, 5.74) is 0.890. The van der Waals surface area contributed by atoms with E-state index in [1.807, 2.05) is 6.92 Å². The van der Waals surface area contributed by atoms with Gasteiger partial charge in [-0.2, -0.15) is 0 Å². The molecule has 5 heteroatoms. The Bertz CT molecular complexity index is 412. The van der Waals surface area contributed by atoms with Crippen LogP contribution in [0.4, 0.5) is 0 Å². The molecule has 5 nitrogen and oxygen atoms in total. The molecule has 0 aliphatic carbocycles. The van der Waals surface area contributed by atoms with E-state index in [9.17, 15) is 9.59 Å². The van der Waals surface area contributed by atoms with Crippen molar-refractivity contribution in [2.24, 2.45) is 5.92 Å². The third-order valence-corrected chi connectivity index (χ3v) is 3.00. The van der Waals surface area contributed by atoms with Crippen LogP contribution in [-0.2, 0) is 0 Å². The first-order valence-corrected chi connectivity index (χ1v) is 6.16. The van der Waals surface area contributed by atoms with Crippen molar-refractivity contribution in [1.29, 1.82) is 0 Å². The molecule has 0 radical (unpaired) electrons. The number of hydrogen-bond donors (Lipinski definition) is 3. The van der Waals surface area contributed by atoms with E-state index >= 15 is 0 Å². The van der Waals surface area contributed by atoms with Gasteiger partial charge in [0, 0.05) is 24.9 Å². The van der Waals surface area contributed by atoms with Crippen LogP contribution in [-0.4, -0.2) is 34.9 Å². The van der Waals surface area contributed by atoms with Crippen LogP contribution in [0, 0.1) is 5.92 Å². The summed E-state index contributed by atoms with van der Waals surface area (Å²) in [5, 5.41) is 11.7. The van der Waals surface area contributed by atoms with Gasteiger partial charge in [0.15, 0.2) is 5.78 Å². The third-order valence-electron chi connectivity index (χ3n) is 3.00. The van der Waals surface area contributed by atoms with Gasteiger partial charge in [0.25, 0.3) is 5.91 Å². The Morgan fingerprint density at radius 1 is 1.50 bits per heavy atom. The van der Waals surface area contributed by atoms with Crippen LogP contribution in [0.3, 0.4) is 0 Å². The maximum atomic E-state index is 11.8. The maximum absolute atomic E-state index is 11.8. The molecule has 0 saturated carbocycles. The van der Waals surface area contributed by atoms with Crippen molar-refractivity contribution in [3.8, 4) is 0 Å². The molecule has 0 saturated heterocycles. The van der Waals surface area contributed by atoms with Crippen molar-refractivity contribution in [3.63, 3.8) is 0 Å². The number of nitrogens with one attached hydrogen (secondary N) is 2. The summed E-state index contributed by atoms with van der Waals surface area (Å²) in [5.74, 6) is -0.0166. The number of carbonyl (C=O) groups excluding carboxylic acids is 2. The predicted octanol–water partition coefficient (Wildman–Crippen LogP) is 1.36. The van der Waals surface area contributed by atoms with Crippen molar-refractivity contribution in [3.05, 3.63) is 23.5 Å². The minimum absolute atomic E-state index is 0.0722. The number of aliphatic hydroxyl groups excluding tert-OH is 1.